The third-order valence-electron chi connectivity index (χ3n) is 0.946. The SMILES string of the molecule is NC(=O)CC(NS(=O)O)C(=O)O. The minimum Gasteiger partial charge on any atom is -0.480 e. The molecule has 0 aliphatic carbocycles. The number of nitrogens with one attached hydrogen (secondary N) is 1. The van der Waals surface area contributed by atoms with Gasteiger partial charge in [0.25, 0.3) is 0 Å². The molecule has 0 aliphatic rings. The zero-order valence-corrected chi connectivity index (χ0v) is 6.71. The molecule has 7 nitrogen and oxygen atoms in total. The Hall–Kier alpha value is -0.990. The highest BCUT2D eigenvalue weighted by Crippen LogP contribution is 1.91. The summed E-state index contributed by atoms with van der Waals surface area (Å²) in [5, 5.41) is 8.36. The van der Waals surface area contributed by atoms with Gasteiger partial charge in [-0.1, -0.05) is 0 Å². The smallest absolute Gasteiger partial charge is 0.322 e. The highest BCUT2D eigenvalue weighted by molar-refractivity contribution is 7.77. The van der Waals surface area contributed by atoms with E-state index >= 15 is 0 Å². The molecule has 0 spiro atoms. The van der Waals surface area contributed by atoms with E-state index in [1.165, 1.54) is 0 Å². The van der Waals surface area contributed by atoms with Gasteiger partial charge in [-0.05, 0) is 0 Å². The average molecular weight is 196 g/mol. The molecular formula is C4H8N2O5S. The lowest BCUT2D eigenvalue weighted by molar-refractivity contribution is -0.140. The summed E-state index contributed by atoms with van der Waals surface area (Å²) in [4.78, 5) is 20.5. The molecule has 0 aromatic carbocycles. The van der Waals surface area contributed by atoms with E-state index in [2.05, 4.69) is 5.73 Å². The van der Waals surface area contributed by atoms with Crippen molar-refractivity contribution in [2.24, 2.45) is 5.73 Å². The molecule has 8 heteroatoms. The lowest BCUT2D eigenvalue weighted by Gasteiger charge is -2.07. The number of carbonyl (C=O) groups excluding carboxylic acids is 1. The van der Waals surface area contributed by atoms with Crippen LogP contribution in [0.25, 0.3) is 0 Å². The molecule has 2 atom stereocenters. The van der Waals surface area contributed by atoms with Crippen molar-refractivity contribution >= 4 is 23.1 Å². The fourth-order valence-electron chi connectivity index (χ4n) is 0.502. The van der Waals surface area contributed by atoms with Crippen LogP contribution in [0.15, 0.2) is 0 Å². The number of aliphatic carboxylic acids is 1. The van der Waals surface area contributed by atoms with Crippen molar-refractivity contribution < 1.29 is 23.5 Å². The number of amides is 1. The number of nitrogens with two attached hydrogens (primary N) is 1. The third-order valence-corrected chi connectivity index (χ3v) is 1.43. The summed E-state index contributed by atoms with van der Waals surface area (Å²) in [6, 6.07) is -1.42. The summed E-state index contributed by atoms with van der Waals surface area (Å²) in [6.07, 6.45) is -0.526. The predicted octanol–water partition coefficient (Wildman–Crippen LogP) is -1.96. The normalized spacial score (nSPS) is 15.1. The number of carbonyl (C=O) groups is 2. The minimum absolute atomic E-state index is 0.526. The van der Waals surface area contributed by atoms with Crippen LogP contribution in [0, 0.1) is 0 Å². The van der Waals surface area contributed by atoms with Gasteiger partial charge in [-0.3, -0.25) is 14.1 Å². The molecule has 1 amide bonds. The van der Waals surface area contributed by atoms with Crippen LogP contribution in [-0.4, -0.2) is 31.8 Å². The van der Waals surface area contributed by atoms with Crippen LogP contribution in [0.4, 0.5) is 0 Å². The van der Waals surface area contributed by atoms with E-state index in [0.717, 1.165) is 0 Å². The van der Waals surface area contributed by atoms with E-state index in [-0.39, 0.29) is 0 Å². The Morgan fingerprint density at radius 1 is 1.58 bits per heavy atom. The molecule has 2 unspecified atom stereocenters. The van der Waals surface area contributed by atoms with Gasteiger partial charge in [-0.15, -0.1) is 0 Å². The predicted molar refractivity (Wildman–Crippen MR) is 39.1 cm³/mol. The number of carboxylic acids is 1. The van der Waals surface area contributed by atoms with E-state index < -0.39 is 35.6 Å². The van der Waals surface area contributed by atoms with E-state index in [4.69, 9.17) is 9.66 Å². The molecule has 0 saturated heterocycles. The van der Waals surface area contributed by atoms with Crippen LogP contribution in [0.1, 0.15) is 6.42 Å². The van der Waals surface area contributed by atoms with Gasteiger partial charge in [0.05, 0.1) is 6.42 Å². The second kappa shape index (κ2) is 4.80. The fraction of sp³-hybridized carbons (Fsp3) is 0.500. The zero-order valence-electron chi connectivity index (χ0n) is 5.89. The van der Waals surface area contributed by atoms with Crippen molar-refractivity contribution in [2.45, 2.75) is 12.5 Å². The summed E-state index contributed by atoms with van der Waals surface area (Å²) in [6.45, 7) is 0. The molecule has 0 aliphatic heterocycles. The Balaban J connectivity index is 4.14. The van der Waals surface area contributed by atoms with Gasteiger partial charge in [0.15, 0.2) is 0 Å². The molecule has 0 heterocycles. The van der Waals surface area contributed by atoms with Gasteiger partial charge in [-0.2, -0.15) is 4.72 Å². The molecule has 0 radical (unpaired) electrons. The van der Waals surface area contributed by atoms with Crippen LogP contribution in [0.5, 0.6) is 0 Å². The molecule has 12 heavy (non-hydrogen) atoms. The highest BCUT2D eigenvalue weighted by Gasteiger charge is 2.20. The van der Waals surface area contributed by atoms with Gasteiger partial charge < -0.3 is 10.8 Å². The van der Waals surface area contributed by atoms with Gasteiger partial charge >= 0.3 is 5.97 Å². The Morgan fingerprint density at radius 3 is 2.33 bits per heavy atom. The first-order valence-electron chi connectivity index (χ1n) is 2.81. The second-order valence-corrected chi connectivity index (χ2v) is 2.66. The Labute approximate surface area is 70.4 Å². The Bertz CT molecular complexity index is 201. The van der Waals surface area contributed by atoms with E-state index in [1.807, 2.05) is 0 Å². The summed E-state index contributed by atoms with van der Waals surface area (Å²) in [7, 11) is 0. The first-order chi connectivity index (χ1) is 5.43. The van der Waals surface area contributed by atoms with Gasteiger partial charge in [0.2, 0.25) is 17.2 Å². The highest BCUT2D eigenvalue weighted by atomic mass is 32.2. The van der Waals surface area contributed by atoms with Crippen LogP contribution < -0.4 is 10.5 Å². The van der Waals surface area contributed by atoms with Crippen molar-refractivity contribution in [1.29, 1.82) is 0 Å². The molecule has 70 valence electrons. The second-order valence-electron chi connectivity index (χ2n) is 1.93. The van der Waals surface area contributed by atoms with E-state index in [1.54, 1.807) is 4.72 Å². The number of hydrogen-bond acceptors (Lipinski definition) is 3. The number of carboxylic acid groups (broad SMARTS) is 1. The molecule has 0 fully saturated rings. The van der Waals surface area contributed by atoms with Crippen LogP contribution in [0.3, 0.4) is 0 Å². The van der Waals surface area contributed by atoms with E-state index in [0.29, 0.717) is 0 Å². The molecule has 0 rings (SSSR count). The van der Waals surface area contributed by atoms with Crippen LogP contribution in [0.2, 0.25) is 0 Å². The average Bonchev–Trinajstić information content (AvgIpc) is 1.83. The van der Waals surface area contributed by atoms with Gasteiger partial charge in [0.1, 0.15) is 6.04 Å². The molecule has 0 aromatic rings. The van der Waals surface area contributed by atoms with Crippen molar-refractivity contribution in [1.82, 2.24) is 4.72 Å². The monoisotopic (exact) mass is 196 g/mol. The Morgan fingerprint density at radius 2 is 2.08 bits per heavy atom. The summed E-state index contributed by atoms with van der Waals surface area (Å²) < 4.78 is 20.0. The summed E-state index contributed by atoms with van der Waals surface area (Å²) >= 11 is -2.47. The maximum atomic E-state index is 10.3. The maximum absolute atomic E-state index is 10.3. The summed E-state index contributed by atoms with van der Waals surface area (Å²) in [5.74, 6) is -2.27. The largest absolute Gasteiger partial charge is 0.480 e. The van der Waals surface area contributed by atoms with Gasteiger partial charge in [-0.25, -0.2) is 4.21 Å². The number of rotatable bonds is 5. The molecule has 0 aromatic heterocycles. The Kier molecular flexibility index (Phi) is 4.40. The first kappa shape index (κ1) is 11.0. The van der Waals surface area contributed by atoms with Crippen molar-refractivity contribution in [3.8, 4) is 0 Å². The summed E-state index contributed by atoms with van der Waals surface area (Å²) in [5.41, 5.74) is 4.68. The lowest BCUT2D eigenvalue weighted by Crippen LogP contribution is -2.40. The van der Waals surface area contributed by atoms with Crippen molar-refractivity contribution in [3.05, 3.63) is 0 Å². The third kappa shape index (κ3) is 4.77. The molecule has 0 bridgehead atoms. The topological polar surface area (TPSA) is 130 Å². The molecule has 5 N–H and O–H groups in total. The quantitative estimate of drug-likeness (QED) is 0.379. The molecular weight excluding hydrogens is 188 g/mol. The molecule has 0 saturated carbocycles. The maximum Gasteiger partial charge on any atom is 0.322 e. The van der Waals surface area contributed by atoms with Gasteiger partial charge in [0, 0.05) is 0 Å². The standard InChI is InChI=1S/C4H8N2O5S/c5-3(7)1-2(4(8)9)6-12(10)11/h2,6H,1H2,(H2,5,7)(H,8,9)(H,10,11). The number of hydrogen-bond donors (Lipinski definition) is 4. The lowest BCUT2D eigenvalue weighted by atomic mass is 10.2. The minimum atomic E-state index is -2.47. The van der Waals surface area contributed by atoms with Crippen molar-refractivity contribution in [2.75, 3.05) is 0 Å². The van der Waals surface area contributed by atoms with Crippen LogP contribution in [-0.2, 0) is 20.9 Å². The van der Waals surface area contributed by atoms with E-state index in [9.17, 15) is 13.8 Å². The first-order valence-corrected chi connectivity index (χ1v) is 3.92. The zero-order chi connectivity index (χ0) is 9.72. The number of primary amides is 1. The fourth-order valence-corrected chi connectivity index (χ4v) is 0.930. The van der Waals surface area contributed by atoms with Crippen molar-refractivity contribution in [3.63, 3.8) is 0 Å². The van der Waals surface area contributed by atoms with Crippen LogP contribution >= 0.6 is 0 Å².